The molecule has 0 saturated carbocycles. The summed E-state index contributed by atoms with van der Waals surface area (Å²) >= 11 is 5.87. The minimum atomic E-state index is -4.75. The average Bonchev–Trinajstić information content (AvgIpc) is 2.97. The first kappa shape index (κ1) is 22.8. The maximum absolute atomic E-state index is 13.7. The van der Waals surface area contributed by atoms with E-state index in [0.29, 0.717) is 16.3 Å². The predicted molar refractivity (Wildman–Crippen MR) is 109 cm³/mol. The van der Waals surface area contributed by atoms with Crippen LogP contribution in [0.5, 0.6) is 0 Å². The SMILES string of the molecule is COC(=O)Cc1c(C)n(C(=O)c2ccc(Cl)cc2)c2cc(C(F)(F)F)c(C(C)O)cc12. The number of hydrogen-bond donors (Lipinski definition) is 1. The molecule has 2 aromatic carbocycles. The number of nitrogens with zero attached hydrogens (tertiary/aromatic N) is 1. The van der Waals surface area contributed by atoms with Crippen LogP contribution in [-0.4, -0.2) is 28.7 Å². The van der Waals surface area contributed by atoms with Gasteiger partial charge in [-0.25, -0.2) is 0 Å². The highest BCUT2D eigenvalue weighted by atomic mass is 35.5. The summed E-state index contributed by atoms with van der Waals surface area (Å²) in [6, 6.07) is 7.93. The van der Waals surface area contributed by atoms with Crippen LogP contribution in [0.2, 0.25) is 5.02 Å². The molecule has 1 aromatic heterocycles. The molecule has 0 radical (unpaired) electrons. The van der Waals surface area contributed by atoms with Crippen molar-refractivity contribution >= 4 is 34.4 Å². The van der Waals surface area contributed by atoms with E-state index in [1.165, 1.54) is 44.4 Å². The highest BCUT2D eigenvalue weighted by Crippen LogP contribution is 2.39. The van der Waals surface area contributed by atoms with Crippen LogP contribution in [0.4, 0.5) is 13.2 Å². The van der Waals surface area contributed by atoms with Gasteiger partial charge in [-0.3, -0.25) is 14.2 Å². The zero-order chi connectivity index (χ0) is 23.1. The summed E-state index contributed by atoms with van der Waals surface area (Å²) in [5.41, 5.74) is -0.559. The lowest BCUT2D eigenvalue weighted by molar-refractivity contribution is -0.140. The number of methoxy groups -OCH3 is 1. The largest absolute Gasteiger partial charge is 0.469 e. The third-order valence-electron chi connectivity index (χ3n) is 5.10. The summed E-state index contributed by atoms with van der Waals surface area (Å²) in [6.45, 7) is 2.76. The molecule has 0 fully saturated rings. The molecule has 9 heteroatoms. The van der Waals surface area contributed by atoms with E-state index in [1.54, 1.807) is 6.92 Å². The number of alkyl halides is 3. The van der Waals surface area contributed by atoms with Gasteiger partial charge in [0.2, 0.25) is 0 Å². The molecule has 3 rings (SSSR count). The number of benzene rings is 2. The van der Waals surface area contributed by atoms with Crippen LogP contribution in [-0.2, 0) is 22.1 Å². The van der Waals surface area contributed by atoms with Crippen LogP contribution in [0.1, 0.15) is 45.8 Å². The van der Waals surface area contributed by atoms with Crippen LogP contribution in [0.3, 0.4) is 0 Å². The van der Waals surface area contributed by atoms with Crippen LogP contribution in [0.15, 0.2) is 36.4 Å². The fourth-order valence-corrected chi connectivity index (χ4v) is 3.68. The molecular formula is C22H19ClF3NO4. The van der Waals surface area contributed by atoms with Gasteiger partial charge < -0.3 is 9.84 Å². The Morgan fingerprint density at radius 2 is 1.81 bits per heavy atom. The third kappa shape index (κ3) is 4.31. The molecule has 5 nitrogen and oxygen atoms in total. The number of carbonyl (C=O) groups is 2. The first-order valence-corrected chi connectivity index (χ1v) is 9.63. The first-order valence-electron chi connectivity index (χ1n) is 9.25. The van der Waals surface area contributed by atoms with Crippen molar-refractivity contribution in [1.29, 1.82) is 0 Å². The Hall–Kier alpha value is -2.84. The summed E-state index contributed by atoms with van der Waals surface area (Å²) in [7, 11) is 1.19. The molecule has 0 amide bonds. The maximum Gasteiger partial charge on any atom is 0.416 e. The fourth-order valence-electron chi connectivity index (χ4n) is 3.56. The Balaban J connectivity index is 2.37. The van der Waals surface area contributed by atoms with E-state index in [2.05, 4.69) is 0 Å². The van der Waals surface area contributed by atoms with Gasteiger partial charge in [-0.15, -0.1) is 0 Å². The molecule has 0 bridgehead atoms. The number of ether oxygens (including phenoxy) is 1. The van der Waals surface area contributed by atoms with Gasteiger partial charge in [-0.1, -0.05) is 11.6 Å². The number of rotatable bonds is 4. The Labute approximate surface area is 181 Å². The van der Waals surface area contributed by atoms with E-state index in [1.807, 2.05) is 0 Å². The van der Waals surface area contributed by atoms with E-state index < -0.39 is 29.7 Å². The molecule has 1 atom stereocenters. The highest BCUT2D eigenvalue weighted by molar-refractivity contribution is 6.30. The summed E-state index contributed by atoms with van der Waals surface area (Å²) in [6.07, 6.45) is -6.41. The van der Waals surface area contributed by atoms with Gasteiger partial charge in [0.25, 0.3) is 5.91 Å². The van der Waals surface area contributed by atoms with Crippen LogP contribution < -0.4 is 0 Å². The Bertz CT molecular complexity index is 1160. The van der Waals surface area contributed by atoms with Crippen molar-refractivity contribution < 1.29 is 32.6 Å². The minimum absolute atomic E-state index is 0.0203. The zero-order valence-corrected chi connectivity index (χ0v) is 17.6. The quantitative estimate of drug-likeness (QED) is 0.559. The summed E-state index contributed by atoms with van der Waals surface area (Å²) in [5.74, 6) is -1.19. The van der Waals surface area contributed by atoms with Crippen molar-refractivity contribution in [1.82, 2.24) is 4.57 Å². The van der Waals surface area contributed by atoms with Crippen LogP contribution in [0, 0.1) is 6.92 Å². The number of aliphatic hydroxyl groups excluding tert-OH is 1. The minimum Gasteiger partial charge on any atom is -0.469 e. The number of carbonyl (C=O) groups excluding carboxylic acids is 2. The van der Waals surface area contributed by atoms with Gasteiger partial charge in [0.05, 0.1) is 30.7 Å². The van der Waals surface area contributed by atoms with E-state index in [9.17, 15) is 27.9 Å². The molecule has 1 unspecified atom stereocenters. The number of hydrogen-bond acceptors (Lipinski definition) is 4. The number of aliphatic hydroxyl groups is 1. The summed E-state index contributed by atoms with van der Waals surface area (Å²) in [5, 5.41) is 10.6. The van der Waals surface area contributed by atoms with Gasteiger partial charge >= 0.3 is 12.1 Å². The lowest BCUT2D eigenvalue weighted by Crippen LogP contribution is -2.15. The predicted octanol–water partition coefficient (Wildman–Crippen LogP) is 5.08. The van der Waals surface area contributed by atoms with E-state index in [4.69, 9.17) is 16.3 Å². The molecule has 164 valence electrons. The van der Waals surface area contributed by atoms with Gasteiger partial charge in [-0.05, 0) is 61.4 Å². The van der Waals surface area contributed by atoms with Crippen LogP contribution in [0.25, 0.3) is 10.9 Å². The Morgan fingerprint density at radius 1 is 1.19 bits per heavy atom. The molecule has 0 aliphatic rings. The van der Waals surface area contributed by atoms with Crippen molar-refractivity contribution in [2.75, 3.05) is 7.11 Å². The molecular weight excluding hydrogens is 435 g/mol. The van der Waals surface area contributed by atoms with Crippen molar-refractivity contribution in [2.24, 2.45) is 0 Å². The lowest BCUT2D eigenvalue weighted by Gasteiger charge is -2.16. The fraction of sp³-hybridized carbons (Fsp3) is 0.273. The topological polar surface area (TPSA) is 68.5 Å². The number of halogens is 4. The molecule has 1 N–H and O–H groups in total. The van der Waals surface area contributed by atoms with Gasteiger partial charge in [-0.2, -0.15) is 13.2 Å². The second-order valence-corrected chi connectivity index (χ2v) is 7.53. The highest BCUT2D eigenvalue weighted by Gasteiger charge is 2.36. The number of fused-ring (bicyclic) bond motifs is 1. The Morgan fingerprint density at radius 3 is 2.32 bits per heavy atom. The summed E-state index contributed by atoms with van der Waals surface area (Å²) < 4.78 is 47.0. The zero-order valence-electron chi connectivity index (χ0n) is 16.9. The molecule has 0 aliphatic heterocycles. The van der Waals surface area contributed by atoms with E-state index in [-0.39, 0.29) is 28.5 Å². The van der Waals surface area contributed by atoms with Crippen LogP contribution >= 0.6 is 11.6 Å². The first-order chi connectivity index (χ1) is 14.5. The smallest absolute Gasteiger partial charge is 0.416 e. The van der Waals surface area contributed by atoms with Crippen molar-refractivity contribution in [3.8, 4) is 0 Å². The van der Waals surface area contributed by atoms with E-state index >= 15 is 0 Å². The van der Waals surface area contributed by atoms with Gasteiger partial charge in [0.1, 0.15) is 0 Å². The second-order valence-electron chi connectivity index (χ2n) is 7.09. The van der Waals surface area contributed by atoms with Gasteiger partial charge in [0, 0.05) is 21.7 Å². The molecule has 0 saturated heterocycles. The average molecular weight is 454 g/mol. The second kappa shape index (κ2) is 8.36. The van der Waals surface area contributed by atoms with Crippen molar-refractivity contribution in [2.45, 2.75) is 32.5 Å². The monoisotopic (exact) mass is 453 g/mol. The standard InChI is InChI=1S/C22H19ClF3NO4/c1-11-15(9-20(29)31-3)17-8-16(12(2)28)18(22(24,25)26)10-19(17)27(11)21(30)13-4-6-14(23)7-5-13/h4-8,10,12,28H,9H2,1-3H3. The van der Waals surface area contributed by atoms with Gasteiger partial charge in [0.15, 0.2) is 0 Å². The molecule has 1 heterocycles. The molecule has 0 aliphatic carbocycles. The normalized spacial score (nSPS) is 12.8. The van der Waals surface area contributed by atoms with Crippen molar-refractivity contribution in [3.05, 3.63) is 69.4 Å². The third-order valence-corrected chi connectivity index (χ3v) is 5.36. The number of esters is 1. The molecule has 0 spiro atoms. The number of aromatic nitrogens is 1. The maximum atomic E-state index is 13.7. The molecule has 31 heavy (non-hydrogen) atoms. The summed E-state index contributed by atoms with van der Waals surface area (Å²) in [4.78, 5) is 25.2. The Kier molecular flexibility index (Phi) is 6.16. The lowest BCUT2D eigenvalue weighted by atomic mass is 9.98. The van der Waals surface area contributed by atoms with Crippen molar-refractivity contribution in [3.63, 3.8) is 0 Å². The van der Waals surface area contributed by atoms with E-state index in [0.717, 1.165) is 10.6 Å². The molecule has 3 aromatic rings.